The van der Waals surface area contributed by atoms with Gasteiger partial charge in [0.25, 0.3) is 0 Å². The highest BCUT2D eigenvalue weighted by molar-refractivity contribution is 9.10. The minimum Gasteiger partial charge on any atom is -0.329 e. The Kier molecular flexibility index (Phi) is 6.60. The van der Waals surface area contributed by atoms with Crippen LogP contribution in [-0.4, -0.2) is 50.6 Å². The molecule has 1 unspecified atom stereocenters. The van der Waals surface area contributed by atoms with E-state index in [1.54, 1.807) is 0 Å². The summed E-state index contributed by atoms with van der Waals surface area (Å²) >= 11 is 9.71. The molecule has 0 saturated carbocycles. The topological polar surface area (TPSA) is 32.5 Å². The van der Waals surface area contributed by atoms with Crippen LogP contribution in [0.1, 0.15) is 11.6 Å². The van der Waals surface area contributed by atoms with Crippen LogP contribution in [0.15, 0.2) is 22.7 Å². The van der Waals surface area contributed by atoms with E-state index in [1.165, 1.54) is 0 Å². The third-order valence-corrected chi connectivity index (χ3v) is 3.80. The van der Waals surface area contributed by atoms with E-state index in [0.717, 1.165) is 28.1 Å². The van der Waals surface area contributed by atoms with Crippen molar-refractivity contribution in [1.82, 2.24) is 9.80 Å². The highest BCUT2D eigenvalue weighted by Gasteiger charge is 2.18. The lowest BCUT2D eigenvalue weighted by molar-refractivity contribution is 0.223. The quantitative estimate of drug-likeness (QED) is 0.868. The zero-order valence-electron chi connectivity index (χ0n) is 11.2. The Morgan fingerprint density at radius 2 is 1.94 bits per heavy atom. The van der Waals surface area contributed by atoms with E-state index < -0.39 is 0 Å². The van der Waals surface area contributed by atoms with Crippen LogP contribution in [0.3, 0.4) is 0 Å². The molecule has 1 rings (SSSR count). The van der Waals surface area contributed by atoms with E-state index in [9.17, 15) is 0 Å². The van der Waals surface area contributed by atoms with E-state index in [2.05, 4.69) is 46.9 Å². The molecule has 0 saturated heterocycles. The number of benzene rings is 1. The molecule has 0 amide bonds. The molecule has 2 N–H and O–H groups in total. The zero-order chi connectivity index (χ0) is 13.7. The molecule has 1 atom stereocenters. The SMILES string of the molecule is CN(C)CCN(C)C(CN)c1ccc(Br)cc1Cl. The Bertz CT molecular complexity index is 384. The van der Waals surface area contributed by atoms with Crippen molar-refractivity contribution in [3.05, 3.63) is 33.3 Å². The van der Waals surface area contributed by atoms with Gasteiger partial charge in [0.2, 0.25) is 0 Å². The first kappa shape index (κ1) is 15.9. The Morgan fingerprint density at radius 3 is 2.44 bits per heavy atom. The Balaban J connectivity index is 2.81. The van der Waals surface area contributed by atoms with Gasteiger partial charge in [-0.05, 0) is 38.8 Å². The van der Waals surface area contributed by atoms with Gasteiger partial charge in [-0.15, -0.1) is 0 Å². The summed E-state index contributed by atoms with van der Waals surface area (Å²) in [4.78, 5) is 4.41. The Hall–Kier alpha value is -0.130. The number of halogens is 2. The van der Waals surface area contributed by atoms with Crippen molar-refractivity contribution in [3.8, 4) is 0 Å². The number of nitrogens with zero attached hydrogens (tertiary/aromatic N) is 2. The van der Waals surface area contributed by atoms with E-state index in [-0.39, 0.29) is 6.04 Å². The summed E-state index contributed by atoms with van der Waals surface area (Å²) in [7, 11) is 6.22. The van der Waals surface area contributed by atoms with Crippen LogP contribution < -0.4 is 5.73 Å². The second-order valence-electron chi connectivity index (χ2n) is 4.70. The van der Waals surface area contributed by atoms with E-state index in [4.69, 9.17) is 17.3 Å². The molecule has 1 aromatic carbocycles. The molecular formula is C13H21BrClN3. The van der Waals surface area contributed by atoms with Gasteiger partial charge in [-0.3, -0.25) is 4.90 Å². The molecule has 5 heteroatoms. The van der Waals surface area contributed by atoms with E-state index in [1.807, 2.05) is 18.2 Å². The molecule has 18 heavy (non-hydrogen) atoms. The molecule has 1 aromatic rings. The lowest BCUT2D eigenvalue weighted by Crippen LogP contribution is -2.35. The minimum atomic E-state index is 0.158. The summed E-state index contributed by atoms with van der Waals surface area (Å²) < 4.78 is 0.989. The fourth-order valence-corrected chi connectivity index (χ4v) is 2.63. The van der Waals surface area contributed by atoms with Crippen molar-refractivity contribution in [2.75, 3.05) is 40.8 Å². The molecule has 0 aromatic heterocycles. The number of hydrogen-bond acceptors (Lipinski definition) is 3. The van der Waals surface area contributed by atoms with E-state index >= 15 is 0 Å². The van der Waals surface area contributed by atoms with Gasteiger partial charge in [0.05, 0.1) is 0 Å². The second kappa shape index (κ2) is 7.46. The highest BCUT2D eigenvalue weighted by atomic mass is 79.9. The Morgan fingerprint density at radius 1 is 1.28 bits per heavy atom. The van der Waals surface area contributed by atoms with Crippen molar-refractivity contribution in [2.24, 2.45) is 5.73 Å². The second-order valence-corrected chi connectivity index (χ2v) is 6.02. The average Bonchev–Trinajstić information content (AvgIpc) is 2.30. The van der Waals surface area contributed by atoms with Gasteiger partial charge in [0.1, 0.15) is 0 Å². The fourth-order valence-electron chi connectivity index (χ4n) is 1.83. The van der Waals surface area contributed by atoms with Crippen molar-refractivity contribution in [2.45, 2.75) is 6.04 Å². The maximum absolute atomic E-state index is 6.29. The number of nitrogens with two attached hydrogens (primary N) is 1. The number of rotatable bonds is 6. The summed E-state index contributed by atoms with van der Waals surface area (Å²) in [5.41, 5.74) is 6.98. The third kappa shape index (κ3) is 4.52. The summed E-state index contributed by atoms with van der Waals surface area (Å²) in [6.45, 7) is 2.52. The fraction of sp³-hybridized carbons (Fsp3) is 0.538. The summed E-state index contributed by atoms with van der Waals surface area (Å²) in [5, 5.41) is 0.761. The van der Waals surface area contributed by atoms with Gasteiger partial charge in [-0.25, -0.2) is 0 Å². The van der Waals surface area contributed by atoms with Crippen LogP contribution in [-0.2, 0) is 0 Å². The monoisotopic (exact) mass is 333 g/mol. The molecule has 0 aliphatic rings. The highest BCUT2D eigenvalue weighted by Crippen LogP contribution is 2.28. The molecule has 0 spiro atoms. The molecule has 3 nitrogen and oxygen atoms in total. The standard InChI is InChI=1S/C13H21BrClN3/c1-17(2)6-7-18(3)13(9-16)11-5-4-10(14)8-12(11)15/h4-5,8,13H,6-7,9,16H2,1-3H3. The molecule has 0 bridgehead atoms. The van der Waals surface area contributed by atoms with Gasteiger partial charge >= 0.3 is 0 Å². The molecular weight excluding hydrogens is 314 g/mol. The smallest absolute Gasteiger partial charge is 0.0482 e. The van der Waals surface area contributed by atoms with Gasteiger partial charge in [0.15, 0.2) is 0 Å². The average molecular weight is 335 g/mol. The molecule has 0 aliphatic carbocycles. The number of likely N-dealkylation sites (N-methyl/N-ethyl adjacent to an activating group) is 2. The van der Waals surface area contributed by atoms with Gasteiger partial charge < -0.3 is 10.6 Å². The van der Waals surface area contributed by atoms with Crippen molar-refractivity contribution in [3.63, 3.8) is 0 Å². The predicted molar refractivity (Wildman–Crippen MR) is 82.1 cm³/mol. The van der Waals surface area contributed by atoms with Crippen LogP contribution in [0.2, 0.25) is 5.02 Å². The predicted octanol–water partition coefficient (Wildman–Crippen LogP) is 2.60. The van der Waals surface area contributed by atoms with Crippen LogP contribution in [0, 0.1) is 0 Å². The molecule has 0 aliphatic heterocycles. The first-order chi connectivity index (χ1) is 8.45. The molecule has 0 radical (unpaired) electrons. The third-order valence-electron chi connectivity index (χ3n) is 2.98. The van der Waals surface area contributed by atoms with Crippen molar-refractivity contribution < 1.29 is 0 Å². The maximum atomic E-state index is 6.29. The van der Waals surface area contributed by atoms with Crippen LogP contribution in [0.25, 0.3) is 0 Å². The van der Waals surface area contributed by atoms with Crippen LogP contribution in [0.5, 0.6) is 0 Å². The van der Waals surface area contributed by atoms with Crippen LogP contribution >= 0.6 is 27.5 Å². The minimum absolute atomic E-state index is 0.158. The summed E-state index contributed by atoms with van der Waals surface area (Å²) in [6, 6.07) is 6.12. The van der Waals surface area contributed by atoms with Gasteiger partial charge in [0, 0.05) is 35.2 Å². The normalized spacial score (nSPS) is 13.3. The van der Waals surface area contributed by atoms with Crippen LogP contribution in [0.4, 0.5) is 0 Å². The first-order valence-electron chi connectivity index (χ1n) is 5.95. The van der Waals surface area contributed by atoms with Gasteiger partial charge in [-0.1, -0.05) is 33.6 Å². The number of hydrogen-bond donors (Lipinski definition) is 1. The largest absolute Gasteiger partial charge is 0.329 e. The van der Waals surface area contributed by atoms with E-state index in [0.29, 0.717) is 6.54 Å². The van der Waals surface area contributed by atoms with Crippen molar-refractivity contribution >= 4 is 27.5 Å². The molecule has 0 fully saturated rings. The lowest BCUT2D eigenvalue weighted by Gasteiger charge is -2.29. The molecule has 0 heterocycles. The van der Waals surface area contributed by atoms with Gasteiger partial charge in [-0.2, -0.15) is 0 Å². The first-order valence-corrected chi connectivity index (χ1v) is 7.12. The lowest BCUT2D eigenvalue weighted by atomic mass is 10.1. The van der Waals surface area contributed by atoms with Crippen molar-refractivity contribution in [1.29, 1.82) is 0 Å². The summed E-state index contributed by atoms with van der Waals surface area (Å²) in [6.07, 6.45) is 0. The zero-order valence-corrected chi connectivity index (χ0v) is 13.5. The summed E-state index contributed by atoms with van der Waals surface area (Å²) in [5.74, 6) is 0. The Labute approximate surface area is 123 Å². The maximum Gasteiger partial charge on any atom is 0.0482 e. The molecule has 102 valence electrons.